The number of carbonyl (C=O) groups is 3. The molecule has 3 aromatic carbocycles. The summed E-state index contributed by atoms with van der Waals surface area (Å²) in [6.07, 6.45) is 1.13. The normalized spacial score (nSPS) is 15.8. The number of methoxy groups -OCH3 is 1. The van der Waals surface area contributed by atoms with E-state index in [2.05, 4.69) is 20.9 Å². The molecule has 0 spiro atoms. The summed E-state index contributed by atoms with van der Waals surface area (Å²) in [6.45, 7) is 9.03. The van der Waals surface area contributed by atoms with Gasteiger partial charge in [-0.1, -0.05) is 60.7 Å². The van der Waals surface area contributed by atoms with Crippen LogP contribution in [0.1, 0.15) is 76.3 Å². The number of anilines is 1. The number of benzene rings is 3. The second-order valence-electron chi connectivity index (χ2n) is 15.9. The van der Waals surface area contributed by atoms with Gasteiger partial charge in [0, 0.05) is 24.8 Å². The topological polar surface area (TPSA) is 177 Å². The summed E-state index contributed by atoms with van der Waals surface area (Å²) in [4.78, 5) is 46.8. The quantitative estimate of drug-likeness (QED) is 0.0932. The average molecular weight is 803 g/mol. The number of aromatic nitrogens is 2. The maximum absolute atomic E-state index is 14.4. The van der Waals surface area contributed by atoms with E-state index >= 15 is 0 Å². The zero-order chi connectivity index (χ0) is 42.0. The molecule has 1 aliphatic rings. The molecule has 14 nitrogen and oxygen atoms in total. The Morgan fingerprint density at radius 2 is 1.59 bits per heavy atom. The number of likely N-dealkylation sites (tertiary alicyclic amines) is 1. The molecule has 2 heterocycles. The van der Waals surface area contributed by atoms with Crippen LogP contribution < -0.4 is 20.7 Å². The summed E-state index contributed by atoms with van der Waals surface area (Å²) in [5.74, 6) is -0.619. The number of para-hydroxylation sites is 1. The Balaban J connectivity index is 1.32. The molecule has 0 bridgehead atoms. The first kappa shape index (κ1) is 43.6. The van der Waals surface area contributed by atoms with Gasteiger partial charge in [0.2, 0.25) is 11.8 Å². The summed E-state index contributed by atoms with van der Waals surface area (Å²) >= 11 is 0. The molecule has 1 aliphatic heterocycles. The van der Waals surface area contributed by atoms with E-state index in [4.69, 9.17) is 14.2 Å². The lowest BCUT2D eigenvalue weighted by atomic mass is 9.87. The number of hydrogen-bond donors (Lipinski definition) is 5. The number of ether oxygens (including phenoxy) is 3. The van der Waals surface area contributed by atoms with Crippen LogP contribution in [0.25, 0.3) is 0 Å². The van der Waals surface area contributed by atoms with E-state index in [1.165, 1.54) is 39.4 Å². The molecule has 58 heavy (non-hydrogen) atoms. The summed E-state index contributed by atoms with van der Waals surface area (Å²) in [6, 6.07) is 20.5. The Morgan fingerprint density at radius 1 is 0.931 bits per heavy atom. The van der Waals surface area contributed by atoms with Crippen LogP contribution in [0.2, 0.25) is 0 Å². The van der Waals surface area contributed by atoms with E-state index < -0.39 is 47.6 Å². The van der Waals surface area contributed by atoms with Crippen molar-refractivity contribution < 1.29 is 43.2 Å². The molecule has 1 saturated heterocycles. The van der Waals surface area contributed by atoms with E-state index in [1.54, 1.807) is 60.7 Å². The number of rotatable bonds is 16. The number of amides is 3. The van der Waals surface area contributed by atoms with Crippen LogP contribution in [-0.4, -0.2) is 92.8 Å². The Kier molecular flexibility index (Phi) is 14.5. The smallest absolute Gasteiger partial charge is 0.408 e. The number of nitrogens with one attached hydrogen (secondary N) is 3. The van der Waals surface area contributed by atoms with Gasteiger partial charge >= 0.3 is 6.09 Å². The molecule has 0 saturated carbocycles. The lowest BCUT2D eigenvalue weighted by molar-refractivity contribution is -0.135. The number of aliphatic hydroxyl groups excluding tert-OH is 2. The largest absolute Gasteiger partial charge is 0.496 e. The summed E-state index contributed by atoms with van der Waals surface area (Å²) in [7, 11) is 1.53. The molecule has 0 radical (unpaired) electrons. The third-order valence-electron chi connectivity index (χ3n) is 9.86. The number of nitrogens with zero attached hydrogens (tertiary/aromatic N) is 3. The number of hydrogen-bond acceptors (Lipinski definition) is 10. The van der Waals surface area contributed by atoms with Crippen molar-refractivity contribution in [3.8, 4) is 5.75 Å². The highest BCUT2D eigenvalue weighted by Crippen LogP contribution is 2.35. The van der Waals surface area contributed by atoms with Crippen molar-refractivity contribution in [2.45, 2.75) is 89.6 Å². The molecule has 3 unspecified atom stereocenters. The lowest BCUT2D eigenvalue weighted by Gasteiger charge is -2.36. The van der Waals surface area contributed by atoms with Gasteiger partial charge in [0.15, 0.2) is 0 Å². The first-order chi connectivity index (χ1) is 27.5. The third-order valence-corrected chi connectivity index (χ3v) is 9.86. The number of imidazole rings is 1. The monoisotopic (exact) mass is 802 g/mol. The van der Waals surface area contributed by atoms with Gasteiger partial charge < -0.3 is 49.8 Å². The van der Waals surface area contributed by atoms with Gasteiger partial charge in [-0.05, 0) is 82.7 Å². The lowest BCUT2D eigenvalue weighted by Crippen LogP contribution is -2.60. The van der Waals surface area contributed by atoms with Crippen molar-refractivity contribution in [1.82, 2.24) is 25.1 Å². The van der Waals surface area contributed by atoms with Crippen molar-refractivity contribution in [2.75, 3.05) is 32.1 Å². The molecule has 4 atom stereocenters. The average Bonchev–Trinajstić information content (AvgIpc) is 3.64. The molecular formula is C43H55FN6O8. The minimum Gasteiger partial charge on any atom is -0.496 e. The molecule has 15 heteroatoms. The van der Waals surface area contributed by atoms with Crippen molar-refractivity contribution in [1.29, 1.82) is 0 Å². The maximum Gasteiger partial charge on any atom is 0.408 e. The fourth-order valence-electron chi connectivity index (χ4n) is 6.71. The molecule has 4 aromatic rings. The minimum atomic E-state index is -1.44. The number of halogens is 1. The predicted molar refractivity (Wildman–Crippen MR) is 215 cm³/mol. The second-order valence-corrected chi connectivity index (χ2v) is 15.9. The van der Waals surface area contributed by atoms with Crippen LogP contribution in [0.5, 0.6) is 5.75 Å². The molecule has 5 rings (SSSR count). The first-order valence-corrected chi connectivity index (χ1v) is 19.3. The highest BCUT2D eigenvalue weighted by molar-refractivity contribution is 5.89. The molecule has 0 aliphatic carbocycles. The van der Waals surface area contributed by atoms with Crippen LogP contribution in [0, 0.1) is 11.7 Å². The van der Waals surface area contributed by atoms with Crippen LogP contribution in [0.15, 0.2) is 91.4 Å². The summed E-state index contributed by atoms with van der Waals surface area (Å²) < 4.78 is 32.1. The Labute approximate surface area is 338 Å². The van der Waals surface area contributed by atoms with Gasteiger partial charge in [0.1, 0.15) is 40.8 Å². The summed E-state index contributed by atoms with van der Waals surface area (Å²) in [5, 5.41) is 30.9. The zero-order valence-corrected chi connectivity index (χ0v) is 33.9. The SMILES string of the molecule is COc1ccccc1C(C(=O)N1CCC(C(O)c2ccc(F)cc2)CC1)n1cnc(NC(O)[C@@H](COCc2ccccc2)NC(=O)C(C)(C)NC(=O)OC(C)(C)C)c1. The van der Waals surface area contributed by atoms with E-state index in [-0.39, 0.29) is 36.7 Å². The van der Waals surface area contributed by atoms with E-state index in [1.807, 2.05) is 42.5 Å². The first-order valence-electron chi connectivity index (χ1n) is 19.3. The zero-order valence-electron chi connectivity index (χ0n) is 33.9. The van der Waals surface area contributed by atoms with Gasteiger partial charge in [-0.15, -0.1) is 0 Å². The fourth-order valence-corrected chi connectivity index (χ4v) is 6.71. The second kappa shape index (κ2) is 19.3. The van der Waals surface area contributed by atoms with Crippen molar-refractivity contribution >= 4 is 23.7 Å². The van der Waals surface area contributed by atoms with Crippen molar-refractivity contribution in [3.05, 3.63) is 114 Å². The highest BCUT2D eigenvalue weighted by atomic mass is 19.1. The highest BCUT2D eigenvalue weighted by Gasteiger charge is 2.36. The van der Waals surface area contributed by atoms with Gasteiger partial charge in [-0.25, -0.2) is 14.2 Å². The molecule has 5 N–H and O–H groups in total. The van der Waals surface area contributed by atoms with Crippen molar-refractivity contribution in [2.24, 2.45) is 5.92 Å². The Morgan fingerprint density at radius 3 is 2.24 bits per heavy atom. The predicted octanol–water partition coefficient (Wildman–Crippen LogP) is 5.33. The third kappa shape index (κ3) is 11.8. The Hall–Kier alpha value is -5.51. The maximum atomic E-state index is 14.4. The van der Waals surface area contributed by atoms with Crippen LogP contribution in [-0.2, 0) is 25.7 Å². The van der Waals surface area contributed by atoms with Crippen LogP contribution >= 0.6 is 0 Å². The van der Waals surface area contributed by atoms with Crippen LogP contribution in [0.4, 0.5) is 15.0 Å². The van der Waals surface area contributed by atoms with Crippen LogP contribution in [0.3, 0.4) is 0 Å². The minimum absolute atomic E-state index is 0.117. The summed E-state index contributed by atoms with van der Waals surface area (Å²) in [5.41, 5.74) is -0.106. The number of aliphatic hydroxyl groups is 2. The standard InChI is InChI=1S/C43H55FN6O8/c1-42(2,3)58-41(55)48-43(4,5)40(54)46-33(26-57-25-28-12-8-7-9-13-28)38(52)47-35-24-50(27-45-35)36(32-14-10-11-15-34(32)56-6)39(53)49-22-20-30(21-23-49)37(51)29-16-18-31(44)19-17-29/h7-19,24,27,30,33,36-38,47,51-52H,20-23,25-26H2,1-6H3,(H,46,54)(H,48,55)/t33-,36?,37?,38?/m1/s1. The molecule has 3 amide bonds. The number of carbonyl (C=O) groups excluding carboxylic acids is 3. The molecule has 1 aromatic heterocycles. The molecular weight excluding hydrogens is 748 g/mol. The molecule has 1 fully saturated rings. The number of piperidine rings is 1. The van der Waals surface area contributed by atoms with Crippen molar-refractivity contribution in [3.63, 3.8) is 0 Å². The van der Waals surface area contributed by atoms with Gasteiger partial charge in [-0.3, -0.25) is 9.59 Å². The Bertz CT molecular complexity index is 1960. The molecule has 312 valence electrons. The van der Waals surface area contributed by atoms with Gasteiger partial charge in [0.25, 0.3) is 0 Å². The fraction of sp³-hybridized carbons (Fsp3) is 0.442. The number of alkyl carbamates (subject to hydrolysis) is 1. The van der Waals surface area contributed by atoms with E-state index in [0.717, 1.165) is 5.56 Å². The van der Waals surface area contributed by atoms with Gasteiger partial charge in [0.05, 0.1) is 38.8 Å². The van der Waals surface area contributed by atoms with E-state index in [0.29, 0.717) is 42.8 Å². The van der Waals surface area contributed by atoms with Gasteiger partial charge in [-0.2, -0.15) is 0 Å². The van der Waals surface area contributed by atoms with E-state index in [9.17, 15) is 29.0 Å².